The van der Waals surface area contributed by atoms with Crippen LogP contribution in [-0.4, -0.2) is 62.6 Å². The summed E-state index contributed by atoms with van der Waals surface area (Å²) in [6.07, 6.45) is 0. The van der Waals surface area contributed by atoms with E-state index in [0.717, 1.165) is 17.9 Å². The van der Waals surface area contributed by atoms with Gasteiger partial charge in [0.15, 0.2) is 0 Å². The van der Waals surface area contributed by atoms with Gasteiger partial charge in [0.2, 0.25) is 10.0 Å². The molecule has 7 nitrogen and oxygen atoms in total. The van der Waals surface area contributed by atoms with Gasteiger partial charge in [0.1, 0.15) is 5.75 Å². The molecule has 1 N–H and O–H groups in total. The number of methoxy groups -OCH3 is 1. The molecule has 3 rings (SSSR count). The van der Waals surface area contributed by atoms with Gasteiger partial charge in [0, 0.05) is 44.0 Å². The third-order valence-corrected chi connectivity index (χ3v) is 6.94. The molecule has 0 saturated carbocycles. The first-order valence-electron chi connectivity index (χ1n) is 9.66. The molecule has 1 aliphatic rings. The van der Waals surface area contributed by atoms with Crippen molar-refractivity contribution in [2.75, 3.05) is 44.4 Å². The van der Waals surface area contributed by atoms with Crippen molar-refractivity contribution in [2.24, 2.45) is 0 Å². The summed E-state index contributed by atoms with van der Waals surface area (Å²) in [7, 11) is -1.51. The molecule has 0 aliphatic carbocycles. The Kier molecular flexibility index (Phi) is 6.89. The van der Waals surface area contributed by atoms with Crippen LogP contribution in [0, 0.1) is 0 Å². The summed E-state index contributed by atoms with van der Waals surface area (Å²) in [5, 5.41) is 2.87. The number of piperazine rings is 1. The number of anilines is 1. The minimum Gasteiger partial charge on any atom is -0.497 e. The molecule has 2 aromatic carbocycles. The minimum atomic E-state index is -3.11. The molecule has 29 heavy (non-hydrogen) atoms. The zero-order valence-electron chi connectivity index (χ0n) is 16.8. The summed E-state index contributed by atoms with van der Waals surface area (Å²) in [5.41, 5.74) is 2.39. The summed E-state index contributed by atoms with van der Waals surface area (Å²) in [4.78, 5) is 14.6. The third kappa shape index (κ3) is 5.56. The predicted octanol–water partition coefficient (Wildman–Crippen LogP) is 2.41. The second-order valence-corrected chi connectivity index (χ2v) is 9.21. The SMILES string of the molecule is CCS(=O)(=O)N1CCN(Cc2ccc(C(=O)Nc3ccc(OC)cc3)cc2)CC1. The van der Waals surface area contributed by atoms with E-state index in [1.807, 2.05) is 24.3 Å². The summed E-state index contributed by atoms with van der Waals surface area (Å²) in [6.45, 7) is 4.88. The van der Waals surface area contributed by atoms with Crippen molar-refractivity contribution in [1.29, 1.82) is 0 Å². The van der Waals surface area contributed by atoms with Gasteiger partial charge in [-0.15, -0.1) is 0 Å². The third-order valence-electron chi connectivity index (χ3n) is 5.06. The number of amides is 1. The van der Waals surface area contributed by atoms with Crippen molar-refractivity contribution >= 4 is 21.6 Å². The molecule has 2 aromatic rings. The first-order chi connectivity index (χ1) is 13.9. The van der Waals surface area contributed by atoms with Gasteiger partial charge < -0.3 is 10.1 Å². The fourth-order valence-electron chi connectivity index (χ4n) is 3.25. The van der Waals surface area contributed by atoms with E-state index in [9.17, 15) is 13.2 Å². The number of benzene rings is 2. The molecule has 156 valence electrons. The normalized spacial score (nSPS) is 15.8. The highest BCUT2D eigenvalue weighted by atomic mass is 32.2. The first-order valence-corrected chi connectivity index (χ1v) is 11.3. The van der Waals surface area contributed by atoms with Crippen molar-refractivity contribution < 1.29 is 17.9 Å². The largest absolute Gasteiger partial charge is 0.497 e. The van der Waals surface area contributed by atoms with Gasteiger partial charge in [-0.1, -0.05) is 12.1 Å². The van der Waals surface area contributed by atoms with Crippen molar-refractivity contribution in [3.8, 4) is 5.75 Å². The number of carbonyl (C=O) groups is 1. The lowest BCUT2D eigenvalue weighted by Crippen LogP contribution is -2.48. The molecule has 0 spiro atoms. The molecule has 1 heterocycles. The van der Waals surface area contributed by atoms with Crippen molar-refractivity contribution in [1.82, 2.24) is 9.21 Å². The fraction of sp³-hybridized carbons (Fsp3) is 0.381. The van der Waals surface area contributed by atoms with Gasteiger partial charge >= 0.3 is 0 Å². The van der Waals surface area contributed by atoms with Crippen LogP contribution in [0.15, 0.2) is 48.5 Å². The van der Waals surface area contributed by atoms with Gasteiger partial charge in [-0.05, 0) is 48.9 Å². The van der Waals surface area contributed by atoms with Crippen LogP contribution in [0.4, 0.5) is 5.69 Å². The highest BCUT2D eigenvalue weighted by Gasteiger charge is 2.25. The molecule has 0 aromatic heterocycles. The standard InChI is InChI=1S/C21H27N3O4S/c1-3-29(26,27)24-14-12-23(13-15-24)16-17-4-6-18(7-5-17)21(25)22-19-8-10-20(28-2)11-9-19/h4-11H,3,12-16H2,1-2H3,(H,22,25). The summed E-state index contributed by atoms with van der Waals surface area (Å²) >= 11 is 0. The van der Waals surface area contributed by atoms with Crippen LogP contribution in [0.2, 0.25) is 0 Å². The van der Waals surface area contributed by atoms with Crippen LogP contribution in [0.5, 0.6) is 5.75 Å². The van der Waals surface area contributed by atoms with E-state index in [4.69, 9.17) is 4.74 Å². The van der Waals surface area contributed by atoms with Gasteiger partial charge in [-0.2, -0.15) is 4.31 Å². The number of nitrogens with one attached hydrogen (secondary N) is 1. The molecule has 1 aliphatic heterocycles. The minimum absolute atomic E-state index is 0.146. The maximum absolute atomic E-state index is 12.4. The van der Waals surface area contributed by atoms with E-state index in [2.05, 4.69) is 10.2 Å². The summed E-state index contributed by atoms with van der Waals surface area (Å²) in [6, 6.07) is 14.7. The Labute approximate surface area is 172 Å². The molecule has 0 unspecified atom stereocenters. The Balaban J connectivity index is 1.53. The monoisotopic (exact) mass is 417 g/mol. The van der Waals surface area contributed by atoms with Crippen LogP contribution in [-0.2, 0) is 16.6 Å². The molecule has 0 bridgehead atoms. The second-order valence-electron chi connectivity index (χ2n) is 6.96. The number of carbonyl (C=O) groups excluding carboxylic acids is 1. The zero-order valence-corrected chi connectivity index (χ0v) is 17.6. The Morgan fingerprint density at radius 3 is 2.17 bits per heavy atom. The molecule has 0 atom stereocenters. The average molecular weight is 418 g/mol. The van der Waals surface area contributed by atoms with Gasteiger partial charge in [0.05, 0.1) is 12.9 Å². The lowest BCUT2D eigenvalue weighted by Gasteiger charge is -2.33. The average Bonchev–Trinajstić information content (AvgIpc) is 2.75. The van der Waals surface area contributed by atoms with Crippen molar-refractivity contribution in [2.45, 2.75) is 13.5 Å². The van der Waals surface area contributed by atoms with Gasteiger partial charge in [-0.25, -0.2) is 8.42 Å². The maximum Gasteiger partial charge on any atom is 0.255 e. The van der Waals surface area contributed by atoms with Crippen LogP contribution in [0.25, 0.3) is 0 Å². The first kappa shape index (κ1) is 21.3. The van der Waals surface area contributed by atoms with Crippen LogP contribution < -0.4 is 10.1 Å². The molecule has 1 amide bonds. The van der Waals surface area contributed by atoms with Crippen molar-refractivity contribution in [3.63, 3.8) is 0 Å². The van der Waals surface area contributed by atoms with E-state index < -0.39 is 10.0 Å². The number of ether oxygens (including phenoxy) is 1. The topological polar surface area (TPSA) is 79.0 Å². The van der Waals surface area contributed by atoms with Crippen LogP contribution in [0.3, 0.4) is 0 Å². The molecule has 1 saturated heterocycles. The summed E-state index contributed by atoms with van der Waals surface area (Å²) in [5.74, 6) is 0.716. The van der Waals surface area contributed by atoms with E-state index in [0.29, 0.717) is 37.4 Å². The maximum atomic E-state index is 12.4. The lowest BCUT2D eigenvalue weighted by molar-refractivity contribution is 0.102. The number of hydrogen-bond acceptors (Lipinski definition) is 5. The predicted molar refractivity (Wildman–Crippen MR) is 114 cm³/mol. The molecule has 1 fully saturated rings. The van der Waals surface area contributed by atoms with E-state index >= 15 is 0 Å². The smallest absolute Gasteiger partial charge is 0.255 e. The highest BCUT2D eigenvalue weighted by Crippen LogP contribution is 2.17. The lowest BCUT2D eigenvalue weighted by atomic mass is 10.1. The van der Waals surface area contributed by atoms with Gasteiger partial charge in [-0.3, -0.25) is 9.69 Å². The fourth-order valence-corrected chi connectivity index (χ4v) is 4.33. The van der Waals surface area contributed by atoms with Crippen LogP contribution >= 0.6 is 0 Å². The Bertz CT molecular complexity index is 919. The highest BCUT2D eigenvalue weighted by molar-refractivity contribution is 7.89. The van der Waals surface area contributed by atoms with E-state index in [-0.39, 0.29) is 11.7 Å². The van der Waals surface area contributed by atoms with Gasteiger partial charge in [0.25, 0.3) is 5.91 Å². The number of rotatable bonds is 7. The van der Waals surface area contributed by atoms with Crippen molar-refractivity contribution in [3.05, 3.63) is 59.7 Å². The second kappa shape index (κ2) is 9.39. The zero-order chi connectivity index (χ0) is 20.9. The molecule has 8 heteroatoms. The Hall–Kier alpha value is -2.42. The molecular weight excluding hydrogens is 390 g/mol. The molecular formula is C21H27N3O4S. The Morgan fingerprint density at radius 1 is 1.00 bits per heavy atom. The number of sulfonamides is 1. The summed E-state index contributed by atoms with van der Waals surface area (Å²) < 4.78 is 30.6. The number of nitrogens with zero attached hydrogens (tertiary/aromatic N) is 2. The Morgan fingerprint density at radius 2 is 1.62 bits per heavy atom. The van der Waals surface area contributed by atoms with E-state index in [1.165, 1.54) is 0 Å². The van der Waals surface area contributed by atoms with E-state index in [1.54, 1.807) is 42.6 Å². The quantitative estimate of drug-likeness (QED) is 0.749. The van der Waals surface area contributed by atoms with Crippen LogP contribution in [0.1, 0.15) is 22.8 Å². The number of hydrogen-bond donors (Lipinski definition) is 1. The molecule has 0 radical (unpaired) electrons.